The second kappa shape index (κ2) is 5.93. The first-order valence-electron chi connectivity index (χ1n) is 7.63. The first-order valence-corrected chi connectivity index (χ1v) is 8.01. The molecule has 3 heterocycles. The molecule has 21 heavy (non-hydrogen) atoms. The highest BCUT2D eigenvalue weighted by molar-refractivity contribution is 6.29. The predicted molar refractivity (Wildman–Crippen MR) is 81.3 cm³/mol. The number of aromatic nitrogens is 1. The standard InChI is InChI=1S/C16H21ClN2O2/c1-3-21-16(20)15-12-6-4-5-11(19(12)2)14(15)10-7-8-13(17)18-9-10/h7-9,11-12,14-15H,3-6H2,1-2H3/t11-,12+,14+,15+/m0/s1. The summed E-state index contributed by atoms with van der Waals surface area (Å²) in [6, 6.07) is 4.48. The number of halogens is 1. The van der Waals surface area contributed by atoms with Crippen molar-refractivity contribution in [3.8, 4) is 0 Å². The lowest BCUT2D eigenvalue weighted by Crippen LogP contribution is -2.39. The number of nitrogens with zero attached hydrogens (tertiary/aromatic N) is 2. The minimum absolute atomic E-state index is 0.0706. The van der Waals surface area contributed by atoms with Gasteiger partial charge in [-0.1, -0.05) is 24.1 Å². The van der Waals surface area contributed by atoms with E-state index in [4.69, 9.17) is 16.3 Å². The average molecular weight is 309 g/mol. The molecule has 0 aliphatic carbocycles. The number of carbonyl (C=O) groups excluding carboxylic acids is 1. The summed E-state index contributed by atoms with van der Waals surface area (Å²) in [4.78, 5) is 19.1. The number of esters is 1. The van der Waals surface area contributed by atoms with Crippen molar-refractivity contribution in [3.63, 3.8) is 0 Å². The zero-order valence-corrected chi connectivity index (χ0v) is 13.2. The molecule has 0 amide bonds. The van der Waals surface area contributed by atoms with Gasteiger partial charge in [0.2, 0.25) is 0 Å². The Morgan fingerprint density at radius 2 is 2.19 bits per heavy atom. The SMILES string of the molecule is CCOC(=O)[C@H]1[C@H](c2ccc(Cl)nc2)[C@@H]2CCC[C@H]1N2C. The molecule has 2 fully saturated rings. The first-order chi connectivity index (χ1) is 10.1. The van der Waals surface area contributed by atoms with E-state index in [9.17, 15) is 4.79 Å². The lowest BCUT2D eigenvalue weighted by molar-refractivity contribution is -0.149. The van der Waals surface area contributed by atoms with Gasteiger partial charge in [-0.15, -0.1) is 0 Å². The largest absolute Gasteiger partial charge is 0.466 e. The van der Waals surface area contributed by atoms with Gasteiger partial charge in [0.05, 0.1) is 12.5 Å². The van der Waals surface area contributed by atoms with Crippen LogP contribution in [0.1, 0.15) is 37.7 Å². The zero-order chi connectivity index (χ0) is 15.0. The molecule has 4 nitrogen and oxygen atoms in total. The molecule has 0 N–H and O–H groups in total. The number of hydrogen-bond acceptors (Lipinski definition) is 4. The van der Waals surface area contributed by atoms with Crippen molar-refractivity contribution >= 4 is 17.6 Å². The smallest absolute Gasteiger partial charge is 0.311 e. The summed E-state index contributed by atoms with van der Waals surface area (Å²) in [7, 11) is 2.13. The second-order valence-electron chi connectivity index (χ2n) is 5.95. The van der Waals surface area contributed by atoms with Crippen molar-refractivity contribution in [2.45, 2.75) is 44.2 Å². The second-order valence-corrected chi connectivity index (χ2v) is 6.34. The van der Waals surface area contributed by atoms with Gasteiger partial charge in [-0.2, -0.15) is 0 Å². The van der Waals surface area contributed by atoms with E-state index in [1.54, 1.807) is 6.07 Å². The van der Waals surface area contributed by atoms with E-state index in [1.165, 1.54) is 6.42 Å². The van der Waals surface area contributed by atoms with Crippen molar-refractivity contribution < 1.29 is 9.53 Å². The summed E-state index contributed by atoms with van der Waals surface area (Å²) in [5, 5.41) is 0.487. The Morgan fingerprint density at radius 1 is 1.43 bits per heavy atom. The molecule has 0 saturated carbocycles. The van der Waals surface area contributed by atoms with Gasteiger partial charge in [0.1, 0.15) is 5.15 Å². The first kappa shape index (κ1) is 14.8. The fraction of sp³-hybridized carbons (Fsp3) is 0.625. The third-order valence-electron chi connectivity index (χ3n) is 4.96. The summed E-state index contributed by atoms with van der Waals surface area (Å²) in [5.41, 5.74) is 1.10. The third-order valence-corrected chi connectivity index (χ3v) is 5.18. The van der Waals surface area contributed by atoms with E-state index in [1.807, 2.05) is 19.2 Å². The number of fused-ring (bicyclic) bond motifs is 2. The van der Waals surface area contributed by atoms with E-state index in [-0.39, 0.29) is 23.8 Å². The lowest BCUT2D eigenvalue weighted by atomic mass is 9.83. The van der Waals surface area contributed by atoms with Gasteiger partial charge < -0.3 is 4.74 Å². The molecule has 0 spiro atoms. The molecule has 0 unspecified atom stereocenters. The molecular weight excluding hydrogens is 288 g/mol. The van der Waals surface area contributed by atoms with Gasteiger partial charge in [0, 0.05) is 24.2 Å². The molecule has 0 aromatic carbocycles. The van der Waals surface area contributed by atoms with Gasteiger partial charge in [0.25, 0.3) is 0 Å². The molecule has 114 valence electrons. The zero-order valence-electron chi connectivity index (χ0n) is 12.5. The third kappa shape index (κ3) is 2.55. The van der Waals surface area contributed by atoms with Gasteiger partial charge in [-0.25, -0.2) is 4.98 Å². The maximum Gasteiger partial charge on any atom is 0.311 e. The van der Waals surface area contributed by atoms with Crippen molar-refractivity contribution in [2.75, 3.05) is 13.7 Å². The molecule has 1 aromatic rings. The highest BCUT2D eigenvalue weighted by atomic mass is 35.5. The normalized spacial score (nSPS) is 32.1. The van der Waals surface area contributed by atoms with E-state index < -0.39 is 0 Å². The minimum Gasteiger partial charge on any atom is -0.466 e. The van der Waals surface area contributed by atoms with Crippen LogP contribution >= 0.6 is 11.6 Å². The summed E-state index contributed by atoms with van der Waals surface area (Å²) >= 11 is 5.89. The molecule has 3 rings (SSSR count). The molecule has 2 bridgehead atoms. The van der Waals surface area contributed by atoms with Crippen LogP contribution in [0.2, 0.25) is 5.15 Å². The molecule has 2 saturated heterocycles. The Hall–Kier alpha value is -1.13. The topological polar surface area (TPSA) is 42.4 Å². The summed E-state index contributed by atoms with van der Waals surface area (Å²) in [5.74, 6) is -0.00422. The molecule has 1 aromatic heterocycles. The highest BCUT2D eigenvalue weighted by Crippen LogP contribution is 2.48. The van der Waals surface area contributed by atoms with E-state index >= 15 is 0 Å². The quantitative estimate of drug-likeness (QED) is 0.636. The average Bonchev–Trinajstić information content (AvgIpc) is 2.63. The molecule has 4 atom stereocenters. The minimum atomic E-state index is -0.0922. The number of pyridine rings is 1. The van der Waals surface area contributed by atoms with Crippen LogP contribution in [-0.2, 0) is 9.53 Å². The van der Waals surface area contributed by atoms with Gasteiger partial charge in [0.15, 0.2) is 0 Å². The Bertz CT molecular complexity index is 520. The number of ether oxygens (including phenoxy) is 1. The van der Waals surface area contributed by atoms with Crippen molar-refractivity contribution in [1.29, 1.82) is 0 Å². The monoisotopic (exact) mass is 308 g/mol. The van der Waals surface area contributed by atoms with Gasteiger partial charge in [-0.05, 0) is 38.4 Å². The lowest BCUT2D eigenvalue weighted by Gasteiger charge is -2.32. The molecule has 0 radical (unpaired) electrons. The Kier molecular flexibility index (Phi) is 4.18. The predicted octanol–water partition coefficient (Wildman–Crippen LogP) is 2.86. The van der Waals surface area contributed by atoms with Crippen LogP contribution in [0.3, 0.4) is 0 Å². The van der Waals surface area contributed by atoms with Crippen LogP contribution in [0, 0.1) is 5.92 Å². The fourth-order valence-electron chi connectivity index (χ4n) is 4.09. The number of piperidine rings is 1. The number of rotatable bonds is 3. The Labute approximate surface area is 130 Å². The van der Waals surface area contributed by atoms with Crippen LogP contribution in [0.15, 0.2) is 18.3 Å². The molecule has 5 heteroatoms. The van der Waals surface area contributed by atoms with E-state index in [2.05, 4.69) is 16.9 Å². The number of carbonyl (C=O) groups is 1. The number of hydrogen-bond donors (Lipinski definition) is 0. The van der Waals surface area contributed by atoms with Crippen molar-refractivity contribution in [1.82, 2.24) is 9.88 Å². The van der Waals surface area contributed by atoms with E-state index in [0.717, 1.165) is 18.4 Å². The summed E-state index contributed by atoms with van der Waals surface area (Å²) in [6.07, 6.45) is 5.17. The fourth-order valence-corrected chi connectivity index (χ4v) is 4.20. The van der Waals surface area contributed by atoms with Crippen LogP contribution in [0.25, 0.3) is 0 Å². The van der Waals surface area contributed by atoms with Crippen molar-refractivity contribution in [3.05, 3.63) is 29.0 Å². The van der Waals surface area contributed by atoms with Gasteiger partial charge in [-0.3, -0.25) is 9.69 Å². The molecule has 2 aliphatic heterocycles. The highest BCUT2D eigenvalue weighted by Gasteiger charge is 2.53. The van der Waals surface area contributed by atoms with Gasteiger partial charge >= 0.3 is 5.97 Å². The molecular formula is C16H21ClN2O2. The Morgan fingerprint density at radius 3 is 2.86 bits per heavy atom. The maximum atomic E-state index is 12.5. The Balaban J connectivity index is 1.97. The summed E-state index contributed by atoms with van der Waals surface area (Å²) in [6.45, 7) is 2.30. The molecule has 2 aliphatic rings. The van der Waals surface area contributed by atoms with E-state index in [0.29, 0.717) is 17.8 Å². The maximum absolute atomic E-state index is 12.5. The van der Waals surface area contributed by atoms with Crippen LogP contribution in [0.4, 0.5) is 0 Å². The number of likely N-dealkylation sites (N-methyl/N-ethyl adjacent to an activating group) is 1. The summed E-state index contributed by atoms with van der Waals surface area (Å²) < 4.78 is 5.35. The van der Waals surface area contributed by atoms with Crippen LogP contribution in [0.5, 0.6) is 0 Å². The van der Waals surface area contributed by atoms with Crippen molar-refractivity contribution in [2.24, 2.45) is 5.92 Å². The van der Waals surface area contributed by atoms with Crippen LogP contribution < -0.4 is 0 Å². The van der Waals surface area contributed by atoms with Crippen LogP contribution in [-0.4, -0.2) is 41.6 Å².